The highest BCUT2D eigenvalue weighted by molar-refractivity contribution is 6.34. The van der Waals surface area contributed by atoms with Crippen molar-refractivity contribution in [2.45, 2.75) is 39.5 Å². The third-order valence-corrected chi connectivity index (χ3v) is 9.40. The van der Waals surface area contributed by atoms with Gasteiger partial charge in [0.2, 0.25) is 5.89 Å². The van der Waals surface area contributed by atoms with Crippen LogP contribution in [0.1, 0.15) is 37.0 Å². The number of fused-ring (bicyclic) bond motifs is 2. The summed E-state index contributed by atoms with van der Waals surface area (Å²) in [4.78, 5) is 27.7. The van der Waals surface area contributed by atoms with Gasteiger partial charge in [-0.3, -0.25) is 14.7 Å². The summed E-state index contributed by atoms with van der Waals surface area (Å²) >= 11 is 6.41. The van der Waals surface area contributed by atoms with E-state index < -0.39 is 5.97 Å². The van der Waals surface area contributed by atoms with E-state index in [4.69, 9.17) is 21.0 Å². The Morgan fingerprint density at radius 2 is 1.98 bits per heavy atom. The Balaban J connectivity index is 1.12. The number of carbonyl (C=O) groups is 1. The Hall–Kier alpha value is -4.57. The molecule has 0 radical (unpaired) electrons. The third kappa shape index (κ3) is 5.66. The Bertz CT molecular complexity index is 2030. The first-order valence-electron chi connectivity index (χ1n) is 15.3. The van der Waals surface area contributed by atoms with Gasteiger partial charge in [-0.15, -0.1) is 0 Å². The molecule has 3 aromatic heterocycles. The van der Waals surface area contributed by atoms with Crippen LogP contribution >= 0.6 is 11.6 Å². The largest absolute Gasteiger partial charge is 0.481 e. The van der Waals surface area contributed by atoms with Crippen molar-refractivity contribution in [1.82, 2.24) is 19.9 Å². The van der Waals surface area contributed by atoms with Gasteiger partial charge < -0.3 is 19.9 Å². The highest BCUT2D eigenvalue weighted by atomic mass is 35.5. The van der Waals surface area contributed by atoms with Crippen molar-refractivity contribution in [3.8, 4) is 11.5 Å². The quantitative estimate of drug-likeness (QED) is 0.166. The zero-order valence-electron chi connectivity index (χ0n) is 25.6. The number of allylic oxidation sites excluding steroid dienone is 2. The predicted molar refractivity (Wildman–Crippen MR) is 179 cm³/mol. The molecule has 1 saturated heterocycles. The highest BCUT2D eigenvalue weighted by Gasteiger charge is 2.35. The number of oxazole rings is 1. The standard InChI is InChI=1S/C36H34ClN5O4/c1-36(2)27(23-5-3-6-25(16-23)34-40-29-15-21(20-43)14-28(37)32(29)46-34)7-4-8-30(36)41-33-31-24(9-11-38-33)13-22(17-39-31)18-42-12-10-26(19-42)35(44)45/h3-9,11,13-17,26,30,43H,10,12,18-20H2,1-2H3,(H,38,41)(H,44,45)/t26-,30?/m1/s1. The Kier molecular flexibility index (Phi) is 7.84. The predicted octanol–water partition coefficient (Wildman–Crippen LogP) is 6.95. The molecule has 2 aromatic carbocycles. The van der Waals surface area contributed by atoms with Gasteiger partial charge in [0.05, 0.1) is 23.6 Å². The average Bonchev–Trinajstić information content (AvgIpc) is 3.70. The second kappa shape index (κ2) is 12.0. The molecule has 0 amide bonds. The molecule has 1 fully saturated rings. The Morgan fingerprint density at radius 3 is 2.78 bits per heavy atom. The molecular formula is C36H34ClN5O4. The van der Waals surface area contributed by atoms with Gasteiger partial charge in [0, 0.05) is 41.8 Å². The van der Waals surface area contributed by atoms with Gasteiger partial charge in [-0.25, -0.2) is 9.97 Å². The molecule has 5 aromatic rings. The van der Waals surface area contributed by atoms with Crippen LogP contribution in [0.25, 0.3) is 39.0 Å². The first kappa shape index (κ1) is 30.1. The van der Waals surface area contributed by atoms with Crippen molar-refractivity contribution < 1.29 is 19.4 Å². The molecule has 46 heavy (non-hydrogen) atoms. The maximum atomic E-state index is 11.4. The number of aliphatic hydroxyl groups is 1. The van der Waals surface area contributed by atoms with Crippen LogP contribution in [0.5, 0.6) is 0 Å². The first-order valence-corrected chi connectivity index (χ1v) is 15.7. The van der Waals surface area contributed by atoms with Crippen molar-refractivity contribution in [2.24, 2.45) is 11.3 Å². The lowest BCUT2D eigenvalue weighted by molar-refractivity contribution is -0.141. The van der Waals surface area contributed by atoms with Crippen molar-refractivity contribution in [1.29, 1.82) is 0 Å². The number of aliphatic carboxylic acids is 1. The lowest BCUT2D eigenvalue weighted by Gasteiger charge is -2.38. The fourth-order valence-corrected chi connectivity index (χ4v) is 6.82. The second-order valence-electron chi connectivity index (χ2n) is 12.6. The number of aliphatic hydroxyl groups excluding tert-OH is 1. The SMILES string of the molecule is CC1(C)C(c2cccc(-c3nc4cc(CO)cc(Cl)c4o3)c2)=CC=CC1Nc1nccc2cc(CN3CC[C@@H](C(=O)O)C3)cnc12. The maximum Gasteiger partial charge on any atom is 0.307 e. The Labute approximate surface area is 271 Å². The van der Waals surface area contributed by atoms with Crippen LogP contribution in [0, 0.1) is 11.3 Å². The lowest BCUT2D eigenvalue weighted by Crippen LogP contribution is -2.37. The number of pyridine rings is 2. The molecule has 10 heteroatoms. The van der Waals surface area contributed by atoms with Crippen molar-refractivity contribution in [2.75, 3.05) is 18.4 Å². The van der Waals surface area contributed by atoms with Gasteiger partial charge in [-0.1, -0.05) is 55.8 Å². The first-order chi connectivity index (χ1) is 22.2. The minimum atomic E-state index is -0.724. The number of carboxylic acid groups (broad SMARTS) is 1. The minimum absolute atomic E-state index is 0.0756. The minimum Gasteiger partial charge on any atom is -0.481 e. The van der Waals surface area contributed by atoms with E-state index in [9.17, 15) is 15.0 Å². The smallest absolute Gasteiger partial charge is 0.307 e. The van der Waals surface area contributed by atoms with Crippen LogP contribution in [0.3, 0.4) is 0 Å². The summed E-state index contributed by atoms with van der Waals surface area (Å²) in [5.41, 5.74) is 6.31. The van der Waals surface area contributed by atoms with E-state index in [1.807, 2.05) is 24.4 Å². The zero-order valence-corrected chi connectivity index (χ0v) is 26.3. The number of anilines is 1. The monoisotopic (exact) mass is 635 g/mol. The molecule has 7 rings (SSSR count). The number of halogens is 1. The molecule has 9 nitrogen and oxygen atoms in total. The maximum absolute atomic E-state index is 11.4. The van der Waals surface area contributed by atoms with Crippen LogP contribution < -0.4 is 5.32 Å². The molecule has 2 atom stereocenters. The molecule has 3 N–H and O–H groups in total. The van der Waals surface area contributed by atoms with Crippen LogP contribution in [0.15, 0.2) is 83.6 Å². The number of likely N-dealkylation sites (tertiary alicyclic amines) is 1. The van der Waals surface area contributed by atoms with Crippen LogP contribution in [-0.2, 0) is 17.9 Å². The molecule has 1 aliphatic heterocycles. The number of nitrogens with one attached hydrogen (secondary N) is 1. The van der Waals surface area contributed by atoms with Crippen molar-refractivity contribution >= 4 is 51.0 Å². The molecule has 1 aliphatic carbocycles. The van der Waals surface area contributed by atoms with E-state index in [2.05, 4.69) is 70.5 Å². The summed E-state index contributed by atoms with van der Waals surface area (Å²) in [5, 5.41) is 24.0. The molecule has 2 aliphatic rings. The van der Waals surface area contributed by atoms with Gasteiger partial charge in [0.1, 0.15) is 11.0 Å². The van der Waals surface area contributed by atoms with Gasteiger partial charge in [0.15, 0.2) is 11.4 Å². The van der Waals surface area contributed by atoms with Crippen molar-refractivity contribution in [3.05, 3.63) is 101 Å². The summed E-state index contributed by atoms with van der Waals surface area (Å²) in [6.07, 6.45) is 10.7. The summed E-state index contributed by atoms with van der Waals surface area (Å²) in [6.45, 7) is 6.30. The number of hydrogen-bond acceptors (Lipinski definition) is 8. The molecule has 1 unspecified atom stereocenters. The van der Waals surface area contributed by atoms with Crippen LogP contribution in [-0.4, -0.2) is 55.2 Å². The second-order valence-corrected chi connectivity index (χ2v) is 13.0. The molecule has 0 spiro atoms. The number of rotatable bonds is 8. The molecule has 234 valence electrons. The van der Waals surface area contributed by atoms with Gasteiger partial charge in [-0.05, 0) is 71.6 Å². The van der Waals surface area contributed by atoms with Gasteiger partial charge >= 0.3 is 5.97 Å². The topological polar surface area (TPSA) is 125 Å². The van der Waals surface area contributed by atoms with E-state index in [0.717, 1.165) is 39.7 Å². The summed E-state index contributed by atoms with van der Waals surface area (Å²) in [7, 11) is 0. The van der Waals surface area contributed by atoms with Gasteiger partial charge in [-0.2, -0.15) is 0 Å². The average molecular weight is 636 g/mol. The van der Waals surface area contributed by atoms with E-state index in [-0.39, 0.29) is 24.0 Å². The molecular weight excluding hydrogens is 602 g/mol. The van der Waals surface area contributed by atoms with Crippen LogP contribution in [0.2, 0.25) is 5.02 Å². The molecule has 0 bridgehead atoms. The van der Waals surface area contributed by atoms with E-state index in [1.165, 1.54) is 0 Å². The fraction of sp³-hybridized carbons (Fsp3) is 0.278. The van der Waals surface area contributed by atoms with Crippen LogP contribution in [0.4, 0.5) is 5.82 Å². The number of benzene rings is 2. The highest BCUT2D eigenvalue weighted by Crippen LogP contribution is 2.43. The molecule has 4 heterocycles. The van der Waals surface area contributed by atoms with Gasteiger partial charge in [0.25, 0.3) is 0 Å². The number of hydrogen-bond donors (Lipinski definition) is 3. The normalized spacial score (nSPS) is 19.5. The van der Waals surface area contributed by atoms with Crippen molar-refractivity contribution in [3.63, 3.8) is 0 Å². The van der Waals surface area contributed by atoms with E-state index in [0.29, 0.717) is 52.9 Å². The fourth-order valence-electron chi connectivity index (χ4n) is 6.54. The summed E-state index contributed by atoms with van der Waals surface area (Å²) in [5.74, 6) is 0.145. The number of carboxylic acids is 1. The van der Waals surface area contributed by atoms with E-state index >= 15 is 0 Å². The summed E-state index contributed by atoms with van der Waals surface area (Å²) < 4.78 is 6.07. The lowest BCUT2D eigenvalue weighted by atomic mass is 9.71. The zero-order chi connectivity index (χ0) is 32.0. The third-order valence-electron chi connectivity index (χ3n) is 9.12. The number of nitrogens with zero attached hydrogens (tertiary/aromatic N) is 4. The van der Waals surface area contributed by atoms with E-state index in [1.54, 1.807) is 18.3 Å². The Morgan fingerprint density at radius 1 is 1.13 bits per heavy atom. The summed E-state index contributed by atoms with van der Waals surface area (Å²) in [6, 6.07) is 15.6. The number of aromatic nitrogens is 3. The molecule has 0 saturated carbocycles.